The summed E-state index contributed by atoms with van der Waals surface area (Å²) in [5.74, 6) is -1.19. The number of methoxy groups -OCH3 is 1. The van der Waals surface area contributed by atoms with Gasteiger partial charge >= 0.3 is 18.2 Å². The van der Waals surface area contributed by atoms with Gasteiger partial charge in [0.05, 0.1) is 19.2 Å². The van der Waals surface area contributed by atoms with Gasteiger partial charge in [-0.2, -0.15) is 0 Å². The molecule has 2 aromatic carbocycles. The Bertz CT molecular complexity index is 1180. The van der Waals surface area contributed by atoms with E-state index in [0.29, 0.717) is 28.7 Å². The first kappa shape index (κ1) is 24.8. The van der Waals surface area contributed by atoms with Crippen molar-refractivity contribution in [3.63, 3.8) is 0 Å². The van der Waals surface area contributed by atoms with Gasteiger partial charge in [-0.25, -0.2) is 14.2 Å². The Morgan fingerprint density at radius 1 is 1.03 bits per heavy atom. The number of fused-ring (bicyclic) bond motifs is 1. The van der Waals surface area contributed by atoms with Gasteiger partial charge in [0, 0.05) is 16.8 Å². The van der Waals surface area contributed by atoms with E-state index in [4.69, 9.17) is 9.47 Å². The van der Waals surface area contributed by atoms with Crippen molar-refractivity contribution in [2.24, 2.45) is 0 Å². The summed E-state index contributed by atoms with van der Waals surface area (Å²) in [4.78, 5) is 38.0. The maximum absolute atomic E-state index is 13.3. The fourth-order valence-corrected chi connectivity index (χ4v) is 3.65. The first-order valence-electron chi connectivity index (χ1n) is 11.1. The molecule has 1 atom stereocenters. The summed E-state index contributed by atoms with van der Waals surface area (Å²) in [6.07, 6.45) is -0.875. The van der Waals surface area contributed by atoms with E-state index in [1.807, 2.05) is 30.3 Å². The van der Waals surface area contributed by atoms with Crippen molar-refractivity contribution in [2.45, 2.75) is 45.6 Å². The normalized spacial score (nSPS) is 12.1. The molecule has 0 bridgehead atoms. The molecule has 180 valence electrons. The van der Waals surface area contributed by atoms with Crippen molar-refractivity contribution in [3.8, 4) is 0 Å². The molecule has 0 aliphatic carbocycles. The monoisotopic (exact) mass is 466 g/mol. The molecular weight excluding hydrogens is 436 g/mol. The number of aromatic nitrogens is 1. The molecule has 0 saturated carbocycles. The third-order valence-corrected chi connectivity index (χ3v) is 5.05. The molecule has 0 aliphatic heterocycles. The first-order chi connectivity index (χ1) is 16.1. The zero-order valence-corrected chi connectivity index (χ0v) is 20.1. The van der Waals surface area contributed by atoms with Crippen LogP contribution in [0.5, 0.6) is 0 Å². The average molecular weight is 467 g/mol. The van der Waals surface area contributed by atoms with Crippen molar-refractivity contribution in [2.75, 3.05) is 19.0 Å². The largest absolute Gasteiger partial charge is 0.465 e. The van der Waals surface area contributed by atoms with Gasteiger partial charge in [-0.1, -0.05) is 30.3 Å². The molecular formula is C26H30N2O6. The van der Waals surface area contributed by atoms with Crippen LogP contribution in [0.2, 0.25) is 0 Å². The van der Waals surface area contributed by atoms with E-state index in [0.717, 1.165) is 5.56 Å². The van der Waals surface area contributed by atoms with Gasteiger partial charge in [-0.15, -0.1) is 0 Å². The van der Waals surface area contributed by atoms with Gasteiger partial charge in [-0.05, 0) is 63.9 Å². The Morgan fingerprint density at radius 2 is 1.74 bits per heavy atom. The van der Waals surface area contributed by atoms with Crippen LogP contribution in [0.1, 0.15) is 44.9 Å². The Balaban J connectivity index is 2.17. The van der Waals surface area contributed by atoms with Gasteiger partial charge in [0.2, 0.25) is 0 Å². The highest BCUT2D eigenvalue weighted by Gasteiger charge is 2.31. The molecule has 3 aromatic rings. The van der Waals surface area contributed by atoms with Gasteiger partial charge in [0.1, 0.15) is 11.5 Å². The molecule has 8 nitrogen and oxygen atoms in total. The number of anilines is 1. The molecule has 0 radical (unpaired) electrons. The summed E-state index contributed by atoms with van der Waals surface area (Å²) in [6, 6.07) is 16.3. The van der Waals surface area contributed by atoms with E-state index in [9.17, 15) is 14.4 Å². The molecule has 0 saturated heterocycles. The predicted molar refractivity (Wildman–Crippen MR) is 129 cm³/mol. The van der Waals surface area contributed by atoms with Gasteiger partial charge in [0.15, 0.2) is 0 Å². The Hall–Kier alpha value is -3.81. The van der Waals surface area contributed by atoms with Crippen LogP contribution in [0.3, 0.4) is 0 Å². The van der Waals surface area contributed by atoms with E-state index in [-0.39, 0.29) is 6.61 Å². The minimum atomic E-state index is -0.751. The zero-order valence-electron chi connectivity index (χ0n) is 20.1. The summed E-state index contributed by atoms with van der Waals surface area (Å²) >= 11 is 0. The number of hydrogen-bond acceptors (Lipinski definition) is 6. The number of rotatable bonds is 6. The van der Waals surface area contributed by atoms with Crippen molar-refractivity contribution in [3.05, 3.63) is 65.9 Å². The highest BCUT2D eigenvalue weighted by molar-refractivity contribution is 5.96. The number of carbonyl (C=O) groups excluding carboxylic acids is 3. The quantitative estimate of drug-likeness (QED) is 0.381. The maximum Gasteiger partial charge on any atom is 0.419 e. The SMILES string of the molecule is CCOC(=O)C(Cc1ccccc1)c1cc2cc(NC(=O)OC)ccc2n1C(=O)OC(C)(C)C. The minimum absolute atomic E-state index is 0.212. The van der Waals surface area contributed by atoms with E-state index < -0.39 is 29.7 Å². The highest BCUT2D eigenvalue weighted by Crippen LogP contribution is 2.32. The molecule has 1 amide bonds. The number of nitrogens with zero attached hydrogens (tertiary/aromatic N) is 1. The number of ether oxygens (including phenoxy) is 3. The Morgan fingerprint density at radius 3 is 2.35 bits per heavy atom. The lowest BCUT2D eigenvalue weighted by molar-refractivity contribution is -0.145. The summed E-state index contributed by atoms with van der Waals surface area (Å²) < 4.78 is 17.1. The number of hydrogen-bond donors (Lipinski definition) is 1. The Kier molecular flexibility index (Phi) is 7.61. The van der Waals surface area contributed by atoms with Gasteiger partial charge in [-0.3, -0.25) is 10.1 Å². The fraction of sp³-hybridized carbons (Fsp3) is 0.346. The van der Waals surface area contributed by atoms with Crippen LogP contribution in [0, 0.1) is 0 Å². The van der Waals surface area contributed by atoms with Crippen LogP contribution < -0.4 is 5.32 Å². The third kappa shape index (κ3) is 5.95. The second kappa shape index (κ2) is 10.4. The number of nitrogens with one attached hydrogen (secondary N) is 1. The summed E-state index contributed by atoms with van der Waals surface area (Å²) in [6.45, 7) is 7.29. The molecule has 1 unspecified atom stereocenters. The number of amides is 1. The van der Waals surface area contributed by atoms with Crippen molar-refractivity contribution < 1.29 is 28.6 Å². The van der Waals surface area contributed by atoms with Gasteiger partial charge in [0.25, 0.3) is 0 Å². The molecule has 0 fully saturated rings. The van der Waals surface area contributed by atoms with Crippen LogP contribution >= 0.6 is 0 Å². The van der Waals surface area contributed by atoms with Crippen molar-refractivity contribution >= 4 is 34.7 Å². The first-order valence-corrected chi connectivity index (χ1v) is 11.1. The van der Waals surface area contributed by atoms with E-state index in [1.54, 1.807) is 52.0 Å². The summed E-state index contributed by atoms with van der Waals surface area (Å²) in [7, 11) is 1.28. The predicted octanol–water partition coefficient (Wildman–Crippen LogP) is 5.49. The lowest BCUT2D eigenvalue weighted by Crippen LogP contribution is -2.30. The smallest absolute Gasteiger partial charge is 0.419 e. The Labute approximate surface area is 198 Å². The second-order valence-corrected chi connectivity index (χ2v) is 8.77. The zero-order chi connectivity index (χ0) is 24.9. The van der Waals surface area contributed by atoms with Crippen LogP contribution in [-0.4, -0.2) is 42.0 Å². The molecule has 1 N–H and O–H groups in total. The molecule has 0 aliphatic rings. The van der Waals surface area contributed by atoms with Crippen LogP contribution in [0.15, 0.2) is 54.6 Å². The molecule has 1 heterocycles. The van der Waals surface area contributed by atoms with Crippen molar-refractivity contribution in [1.29, 1.82) is 0 Å². The fourth-order valence-electron chi connectivity index (χ4n) is 3.65. The van der Waals surface area contributed by atoms with Gasteiger partial charge < -0.3 is 14.2 Å². The molecule has 8 heteroatoms. The lowest BCUT2D eigenvalue weighted by Gasteiger charge is -2.23. The number of benzene rings is 2. The molecule has 34 heavy (non-hydrogen) atoms. The standard InChI is InChI=1S/C26H30N2O6/c1-6-33-23(29)20(14-17-10-8-7-9-11-17)22-16-18-15-19(27-24(30)32-5)12-13-21(18)28(22)25(31)34-26(2,3)4/h7-13,15-16,20H,6,14H2,1-5H3,(H,27,30). The second-order valence-electron chi connectivity index (χ2n) is 8.77. The highest BCUT2D eigenvalue weighted by atomic mass is 16.6. The van der Waals surface area contributed by atoms with E-state index in [2.05, 4.69) is 10.1 Å². The molecule has 3 rings (SSSR count). The minimum Gasteiger partial charge on any atom is -0.465 e. The third-order valence-electron chi connectivity index (χ3n) is 5.05. The molecule has 0 spiro atoms. The number of esters is 1. The van der Waals surface area contributed by atoms with Crippen molar-refractivity contribution in [1.82, 2.24) is 4.57 Å². The maximum atomic E-state index is 13.3. The van der Waals surface area contributed by atoms with Crippen LogP contribution in [0.4, 0.5) is 15.3 Å². The van der Waals surface area contributed by atoms with Crippen LogP contribution in [0.25, 0.3) is 10.9 Å². The van der Waals surface area contributed by atoms with E-state index in [1.165, 1.54) is 11.7 Å². The summed E-state index contributed by atoms with van der Waals surface area (Å²) in [5.41, 5.74) is 1.66. The van der Waals surface area contributed by atoms with Crippen LogP contribution in [-0.2, 0) is 25.4 Å². The lowest BCUT2D eigenvalue weighted by atomic mass is 9.96. The number of carbonyl (C=O) groups is 3. The van der Waals surface area contributed by atoms with E-state index >= 15 is 0 Å². The average Bonchev–Trinajstić information content (AvgIpc) is 3.15. The molecule has 1 aromatic heterocycles. The topological polar surface area (TPSA) is 95.9 Å². The summed E-state index contributed by atoms with van der Waals surface area (Å²) in [5, 5.41) is 3.26.